The van der Waals surface area contributed by atoms with Gasteiger partial charge >= 0.3 is 6.18 Å². The number of nitrogens with zero attached hydrogens (tertiary/aromatic N) is 6. The summed E-state index contributed by atoms with van der Waals surface area (Å²) in [7, 11) is 1.65. The van der Waals surface area contributed by atoms with Gasteiger partial charge in [0.2, 0.25) is 5.43 Å². The molecule has 1 atom stereocenters. The molecule has 5 rings (SSSR count). The maximum Gasteiger partial charge on any atom is 0.416 e. The topological polar surface area (TPSA) is 76.3 Å². The molecule has 0 aliphatic carbocycles. The van der Waals surface area contributed by atoms with Gasteiger partial charge < -0.3 is 14.4 Å². The van der Waals surface area contributed by atoms with Crippen molar-refractivity contribution in [3.05, 3.63) is 88.5 Å². The summed E-state index contributed by atoms with van der Waals surface area (Å²) in [5.74, 6) is -0.467. The first-order chi connectivity index (χ1) is 22.8. The highest BCUT2D eigenvalue weighted by Crippen LogP contribution is 2.35. The minimum Gasteiger partial charge on any atom is -0.372 e. The van der Waals surface area contributed by atoms with Gasteiger partial charge in [-0.1, -0.05) is 56.2 Å². The van der Waals surface area contributed by atoms with E-state index in [-0.39, 0.29) is 22.7 Å². The van der Waals surface area contributed by atoms with Crippen LogP contribution in [-0.2, 0) is 13.2 Å². The number of likely N-dealkylation sites (tertiary alicyclic amines) is 1. The largest absolute Gasteiger partial charge is 0.416 e. The van der Waals surface area contributed by atoms with Gasteiger partial charge in [-0.25, -0.2) is 4.68 Å². The number of rotatable bonds is 11. The first-order valence-electron chi connectivity index (χ1n) is 16.8. The lowest BCUT2D eigenvalue weighted by atomic mass is 9.87. The van der Waals surface area contributed by atoms with Crippen LogP contribution in [0.3, 0.4) is 0 Å². The van der Waals surface area contributed by atoms with Crippen LogP contribution in [0.2, 0.25) is 0 Å². The van der Waals surface area contributed by atoms with E-state index in [0.717, 1.165) is 68.6 Å². The Morgan fingerprint density at radius 3 is 2.31 bits per heavy atom. The van der Waals surface area contributed by atoms with Crippen molar-refractivity contribution in [3.8, 4) is 22.4 Å². The maximum atomic E-state index is 14.1. The number of aryl methyl sites for hydroxylation is 1. The number of hydrogen-bond acceptors (Lipinski definition) is 5. The molecule has 3 heterocycles. The predicted octanol–water partition coefficient (Wildman–Crippen LogP) is 7.99. The smallest absolute Gasteiger partial charge is 0.372 e. The molecular formula is C37H45F3N6O2. The second kappa shape index (κ2) is 14.4. The van der Waals surface area contributed by atoms with E-state index in [1.807, 2.05) is 20.0 Å². The molecule has 1 aliphatic heterocycles. The molecule has 0 saturated carbocycles. The van der Waals surface area contributed by atoms with Crippen molar-refractivity contribution in [3.63, 3.8) is 0 Å². The molecule has 1 fully saturated rings. The minimum atomic E-state index is -4.56. The number of carbonyl (C=O) groups excluding carboxylic acids is 1. The zero-order chi connectivity index (χ0) is 34.6. The Morgan fingerprint density at radius 1 is 0.979 bits per heavy atom. The normalized spacial score (nSPS) is 16.2. The molecule has 1 saturated heterocycles. The van der Waals surface area contributed by atoms with Gasteiger partial charge in [0.05, 0.1) is 17.8 Å². The van der Waals surface area contributed by atoms with Gasteiger partial charge in [0.25, 0.3) is 5.91 Å². The van der Waals surface area contributed by atoms with Gasteiger partial charge in [0.15, 0.2) is 0 Å². The van der Waals surface area contributed by atoms with Crippen molar-refractivity contribution >= 4 is 11.6 Å². The summed E-state index contributed by atoms with van der Waals surface area (Å²) < 4.78 is 43.6. The van der Waals surface area contributed by atoms with Gasteiger partial charge in [-0.2, -0.15) is 13.2 Å². The molecular weight excluding hydrogens is 617 g/mol. The van der Waals surface area contributed by atoms with Gasteiger partial charge in [0.1, 0.15) is 11.3 Å². The molecule has 0 N–H and O–H groups in total. The summed E-state index contributed by atoms with van der Waals surface area (Å²) in [6, 6.07) is 12.9. The third kappa shape index (κ3) is 7.66. The quantitative estimate of drug-likeness (QED) is 0.163. The molecule has 2 aromatic heterocycles. The van der Waals surface area contributed by atoms with Crippen LogP contribution >= 0.6 is 0 Å². The lowest BCUT2D eigenvalue weighted by molar-refractivity contribution is -0.137. The van der Waals surface area contributed by atoms with Crippen LogP contribution in [0.15, 0.2) is 71.9 Å². The Hall–Kier alpha value is -4.41. The zero-order valence-corrected chi connectivity index (χ0v) is 28.4. The standard InChI is InChI=1S/C37H45F3N6O2/c1-6-8-19-44(20-9-7-2)29-15-13-26(14-16-29)33-25-46(42-41-33)30-17-18-36(3,4)45(22-30)35(48)32-24-43(5)23-31(34(32)47)27-11-10-12-28(21-27)37(38,39)40/h10-16,21,23-25,30H,6-9,17-20,22H2,1-5H3. The van der Waals surface area contributed by atoms with Gasteiger partial charge in [-0.15, -0.1) is 5.10 Å². The second-order valence-electron chi connectivity index (χ2n) is 13.4. The van der Waals surface area contributed by atoms with Crippen LogP contribution in [-0.4, -0.2) is 55.5 Å². The van der Waals surface area contributed by atoms with Crippen LogP contribution in [0.4, 0.5) is 18.9 Å². The number of halogens is 3. The average molecular weight is 663 g/mol. The molecule has 48 heavy (non-hydrogen) atoms. The number of aromatic nitrogens is 4. The number of piperidine rings is 1. The highest BCUT2D eigenvalue weighted by atomic mass is 19.4. The number of benzene rings is 2. The fraction of sp³-hybridized carbons (Fsp3) is 0.459. The number of hydrogen-bond donors (Lipinski definition) is 0. The maximum absolute atomic E-state index is 14.1. The SMILES string of the molecule is CCCCN(CCCC)c1ccc(-c2cn(C3CCC(C)(C)N(C(=O)c4cn(C)cc(-c5cccc(C(F)(F)F)c5)c4=O)C3)nn2)cc1. The number of amides is 1. The Labute approximate surface area is 280 Å². The number of pyridine rings is 1. The van der Waals surface area contributed by atoms with Crippen molar-refractivity contribution in [2.45, 2.75) is 84.0 Å². The molecule has 0 bridgehead atoms. The van der Waals surface area contributed by atoms with E-state index in [9.17, 15) is 22.8 Å². The molecule has 1 amide bonds. The van der Waals surface area contributed by atoms with Crippen LogP contribution in [0.25, 0.3) is 22.4 Å². The number of anilines is 1. The van der Waals surface area contributed by atoms with Gasteiger partial charge in [-0.05, 0) is 69.4 Å². The third-order valence-electron chi connectivity index (χ3n) is 9.32. The van der Waals surface area contributed by atoms with Crippen LogP contribution in [0.5, 0.6) is 0 Å². The number of carbonyl (C=O) groups is 1. The molecule has 1 unspecified atom stereocenters. The number of alkyl halides is 3. The lowest BCUT2D eigenvalue weighted by Gasteiger charge is -2.45. The summed E-state index contributed by atoms with van der Waals surface area (Å²) >= 11 is 0. The molecule has 256 valence electrons. The van der Waals surface area contributed by atoms with E-state index < -0.39 is 28.6 Å². The van der Waals surface area contributed by atoms with E-state index in [0.29, 0.717) is 13.0 Å². The highest BCUT2D eigenvalue weighted by Gasteiger charge is 2.40. The van der Waals surface area contributed by atoms with Crippen LogP contribution in [0, 0.1) is 0 Å². The first kappa shape index (κ1) is 34.9. The van der Waals surface area contributed by atoms with Crippen molar-refractivity contribution < 1.29 is 18.0 Å². The predicted molar refractivity (Wildman–Crippen MR) is 183 cm³/mol. The zero-order valence-electron chi connectivity index (χ0n) is 28.4. The summed E-state index contributed by atoms with van der Waals surface area (Å²) in [6.45, 7) is 10.7. The van der Waals surface area contributed by atoms with Crippen LogP contribution in [0.1, 0.15) is 88.2 Å². The fourth-order valence-corrected chi connectivity index (χ4v) is 6.35. The highest BCUT2D eigenvalue weighted by molar-refractivity contribution is 5.95. The van der Waals surface area contributed by atoms with Gasteiger partial charge in [-0.3, -0.25) is 9.59 Å². The van der Waals surface area contributed by atoms with E-state index >= 15 is 0 Å². The lowest BCUT2D eigenvalue weighted by Crippen LogP contribution is -2.54. The average Bonchev–Trinajstić information content (AvgIpc) is 3.55. The summed E-state index contributed by atoms with van der Waals surface area (Å²) in [5.41, 5.74) is 0.904. The van der Waals surface area contributed by atoms with E-state index in [1.165, 1.54) is 30.2 Å². The molecule has 4 aromatic rings. The first-order valence-corrected chi connectivity index (χ1v) is 16.8. The van der Waals surface area contributed by atoms with Crippen molar-refractivity contribution in [1.29, 1.82) is 0 Å². The van der Waals surface area contributed by atoms with Crippen LogP contribution < -0.4 is 10.3 Å². The minimum absolute atomic E-state index is 0.0339. The molecule has 1 aliphatic rings. The Morgan fingerprint density at radius 2 is 1.67 bits per heavy atom. The van der Waals surface area contributed by atoms with E-state index in [1.54, 1.807) is 21.2 Å². The second-order valence-corrected chi connectivity index (χ2v) is 13.4. The van der Waals surface area contributed by atoms with Crippen molar-refractivity contribution in [2.24, 2.45) is 7.05 Å². The summed E-state index contributed by atoms with van der Waals surface area (Å²) in [6.07, 6.45) is 6.25. The van der Waals surface area contributed by atoms with Crippen molar-refractivity contribution in [1.82, 2.24) is 24.5 Å². The molecule has 11 heteroatoms. The Balaban J connectivity index is 1.37. The Bertz CT molecular complexity index is 1770. The molecule has 8 nitrogen and oxygen atoms in total. The van der Waals surface area contributed by atoms with Crippen molar-refractivity contribution in [2.75, 3.05) is 24.5 Å². The molecule has 0 spiro atoms. The monoisotopic (exact) mass is 662 g/mol. The molecule has 2 aromatic carbocycles. The fourth-order valence-electron chi connectivity index (χ4n) is 6.35. The summed E-state index contributed by atoms with van der Waals surface area (Å²) in [5, 5.41) is 8.90. The van der Waals surface area contributed by atoms with E-state index in [4.69, 9.17) is 0 Å². The summed E-state index contributed by atoms with van der Waals surface area (Å²) in [4.78, 5) is 31.9. The van der Waals surface area contributed by atoms with Gasteiger partial charge in [0, 0.05) is 61.4 Å². The molecule has 0 radical (unpaired) electrons. The van der Waals surface area contributed by atoms with E-state index in [2.05, 4.69) is 53.3 Å². The Kier molecular flexibility index (Phi) is 10.5. The number of unbranched alkanes of at least 4 members (excludes halogenated alkanes) is 2. The third-order valence-corrected chi connectivity index (χ3v) is 9.32.